The molecule has 0 aromatic heterocycles. The minimum Gasteiger partial charge on any atom is -0.383 e. The Kier molecular flexibility index (Phi) is 3.83. The van der Waals surface area contributed by atoms with E-state index in [1.807, 2.05) is 0 Å². The predicted octanol–water partition coefficient (Wildman–Crippen LogP) is -0.0866. The van der Waals surface area contributed by atoms with Gasteiger partial charge in [0, 0.05) is 20.2 Å². The van der Waals surface area contributed by atoms with Crippen LogP contribution in [0, 0.1) is 5.92 Å². The number of ether oxygens (including phenoxy) is 1. The van der Waals surface area contributed by atoms with Gasteiger partial charge in [-0.1, -0.05) is 0 Å². The molecule has 0 aromatic rings. The maximum Gasteiger partial charge on any atom is 0.0589 e. The smallest absolute Gasteiger partial charge is 0.0589 e. The van der Waals surface area contributed by atoms with Crippen molar-refractivity contribution in [2.45, 2.75) is 6.42 Å². The molecule has 11 heavy (non-hydrogen) atoms. The summed E-state index contributed by atoms with van der Waals surface area (Å²) in [7, 11) is 1.75. The van der Waals surface area contributed by atoms with Crippen LogP contribution in [0.2, 0.25) is 0 Å². The molecule has 0 spiro atoms. The fourth-order valence-corrected chi connectivity index (χ4v) is 1.53. The first-order valence-electron chi connectivity index (χ1n) is 4.28. The first-order chi connectivity index (χ1) is 5.36. The molecule has 3 heteroatoms. The molecule has 0 aromatic carbocycles. The third-order valence-corrected chi connectivity index (χ3v) is 2.31. The second-order valence-electron chi connectivity index (χ2n) is 3.18. The summed E-state index contributed by atoms with van der Waals surface area (Å²) in [6.45, 7) is 5.11. The van der Waals surface area contributed by atoms with Crippen molar-refractivity contribution < 1.29 is 4.74 Å². The van der Waals surface area contributed by atoms with Crippen LogP contribution in [0.25, 0.3) is 0 Å². The Labute approximate surface area is 68.5 Å². The minimum atomic E-state index is 0.729. The summed E-state index contributed by atoms with van der Waals surface area (Å²) < 4.78 is 5.00. The SMILES string of the molecule is COCCN1CC[C@H](CN)C1. The first kappa shape index (κ1) is 8.97. The van der Waals surface area contributed by atoms with Crippen LogP contribution < -0.4 is 5.73 Å². The van der Waals surface area contributed by atoms with Crippen LogP contribution in [-0.2, 0) is 4.74 Å². The van der Waals surface area contributed by atoms with Crippen molar-refractivity contribution in [1.82, 2.24) is 4.90 Å². The van der Waals surface area contributed by atoms with E-state index in [4.69, 9.17) is 10.5 Å². The van der Waals surface area contributed by atoms with E-state index in [9.17, 15) is 0 Å². The van der Waals surface area contributed by atoms with Crippen LogP contribution in [0.3, 0.4) is 0 Å². The first-order valence-corrected chi connectivity index (χ1v) is 4.28. The highest BCUT2D eigenvalue weighted by Crippen LogP contribution is 2.13. The Morgan fingerprint density at radius 2 is 2.45 bits per heavy atom. The Hall–Kier alpha value is -0.120. The summed E-state index contributed by atoms with van der Waals surface area (Å²) >= 11 is 0. The third-order valence-electron chi connectivity index (χ3n) is 2.31. The van der Waals surface area contributed by atoms with E-state index in [1.165, 1.54) is 19.5 Å². The monoisotopic (exact) mass is 158 g/mol. The molecule has 0 aliphatic carbocycles. The number of methoxy groups -OCH3 is 1. The summed E-state index contributed by atoms with van der Waals surface area (Å²) in [6.07, 6.45) is 1.26. The zero-order valence-corrected chi connectivity index (χ0v) is 7.25. The summed E-state index contributed by atoms with van der Waals surface area (Å²) in [4.78, 5) is 2.42. The van der Waals surface area contributed by atoms with Gasteiger partial charge in [-0.25, -0.2) is 0 Å². The lowest BCUT2D eigenvalue weighted by atomic mass is 10.1. The second-order valence-corrected chi connectivity index (χ2v) is 3.18. The quantitative estimate of drug-likeness (QED) is 0.621. The average Bonchev–Trinajstić information content (AvgIpc) is 2.48. The zero-order valence-electron chi connectivity index (χ0n) is 7.25. The molecule has 66 valence electrons. The van der Waals surface area contributed by atoms with Crippen molar-refractivity contribution >= 4 is 0 Å². The van der Waals surface area contributed by atoms with E-state index >= 15 is 0 Å². The summed E-state index contributed by atoms with van der Waals surface area (Å²) in [6, 6.07) is 0. The van der Waals surface area contributed by atoms with Gasteiger partial charge in [-0.3, -0.25) is 0 Å². The van der Waals surface area contributed by atoms with Crippen LogP contribution in [0.5, 0.6) is 0 Å². The number of hydrogen-bond donors (Lipinski definition) is 1. The van der Waals surface area contributed by atoms with Gasteiger partial charge in [-0.2, -0.15) is 0 Å². The van der Waals surface area contributed by atoms with E-state index in [0.717, 1.165) is 25.6 Å². The van der Waals surface area contributed by atoms with Crippen molar-refractivity contribution in [3.63, 3.8) is 0 Å². The van der Waals surface area contributed by atoms with Gasteiger partial charge in [0.25, 0.3) is 0 Å². The predicted molar refractivity (Wildman–Crippen MR) is 45.5 cm³/mol. The lowest BCUT2D eigenvalue weighted by Gasteiger charge is -2.14. The van der Waals surface area contributed by atoms with Gasteiger partial charge in [-0.15, -0.1) is 0 Å². The van der Waals surface area contributed by atoms with Crippen molar-refractivity contribution in [3.8, 4) is 0 Å². The lowest BCUT2D eigenvalue weighted by molar-refractivity contribution is 0.159. The fraction of sp³-hybridized carbons (Fsp3) is 1.00. The summed E-state index contributed by atoms with van der Waals surface area (Å²) in [5, 5.41) is 0. The highest BCUT2D eigenvalue weighted by Gasteiger charge is 2.19. The summed E-state index contributed by atoms with van der Waals surface area (Å²) in [5.41, 5.74) is 5.57. The van der Waals surface area contributed by atoms with Gasteiger partial charge in [0.15, 0.2) is 0 Å². The van der Waals surface area contributed by atoms with Gasteiger partial charge in [0.1, 0.15) is 0 Å². The Morgan fingerprint density at radius 1 is 1.64 bits per heavy atom. The largest absolute Gasteiger partial charge is 0.383 e. The van der Waals surface area contributed by atoms with Crippen molar-refractivity contribution in [2.24, 2.45) is 11.7 Å². The van der Waals surface area contributed by atoms with Crippen molar-refractivity contribution in [3.05, 3.63) is 0 Å². The molecule has 1 aliphatic heterocycles. The Bertz CT molecular complexity index is 108. The Balaban J connectivity index is 2.09. The molecule has 1 atom stereocenters. The molecular weight excluding hydrogens is 140 g/mol. The molecule has 1 rings (SSSR count). The van der Waals surface area contributed by atoms with E-state index in [2.05, 4.69) is 4.90 Å². The highest BCUT2D eigenvalue weighted by molar-refractivity contribution is 4.75. The van der Waals surface area contributed by atoms with Crippen LogP contribution in [-0.4, -0.2) is 44.8 Å². The Morgan fingerprint density at radius 3 is 3.00 bits per heavy atom. The maximum atomic E-state index is 5.57. The van der Waals surface area contributed by atoms with E-state index in [0.29, 0.717) is 0 Å². The number of hydrogen-bond acceptors (Lipinski definition) is 3. The highest BCUT2D eigenvalue weighted by atomic mass is 16.5. The normalized spacial score (nSPS) is 26.2. The number of nitrogens with zero attached hydrogens (tertiary/aromatic N) is 1. The molecule has 1 aliphatic rings. The molecule has 0 bridgehead atoms. The molecule has 2 N–H and O–H groups in total. The molecule has 1 heterocycles. The zero-order chi connectivity index (χ0) is 8.10. The van der Waals surface area contributed by atoms with Crippen LogP contribution in [0.1, 0.15) is 6.42 Å². The topological polar surface area (TPSA) is 38.5 Å². The molecule has 0 radical (unpaired) electrons. The molecule has 1 fully saturated rings. The fourth-order valence-electron chi connectivity index (χ4n) is 1.53. The lowest BCUT2D eigenvalue weighted by Crippen LogP contribution is -2.26. The summed E-state index contributed by atoms with van der Waals surface area (Å²) in [5.74, 6) is 0.729. The van der Waals surface area contributed by atoms with Crippen LogP contribution >= 0.6 is 0 Å². The standard InChI is InChI=1S/C8H18N2O/c1-11-5-4-10-3-2-8(6-9)7-10/h8H,2-7,9H2,1H3/t8-/m1/s1. The minimum absolute atomic E-state index is 0.729. The van der Waals surface area contributed by atoms with Crippen molar-refractivity contribution in [2.75, 3.05) is 39.9 Å². The molecule has 0 saturated carbocycles. The molecule has 0 amide bonds. The molecule has 3 nitrogen and oxygen atoms in total. The molecule has 1 saturated heterocycles. The number of likely N-dealkylation sites (tertiary alicyclic amines) is 1. The van der Waals surface area contributed by atoms with Gasteiger partial charge >= 0.3 is 0 Å². The number of rotatable bonds is 4. The van der Waals surface area contributed by atoms with Gasteiger partial charge < -0.3 is 15.4 Å². The van der Waals surface area contributed by atoms with Crippen LogP contribution in [0.15, 0.2) is 0 Å². The second kappa shape index (κ2) is 4.70. The molecular formula is C8H18N2O. The van der Waals surface area contributed by atoms with Gasteiger partial charge in [-0.05, 0) is 25.4 Å². The maximum absolute atomic E-state index is 5.57. The molecule has 0 unspecified atom stereocenters. The van der Waals surface area contributed by atoms with Crippen molar-refractivity contribution in [1.29, 1.82) is 0 Å². The van der Waals surface area contributed by atoms with Gasteiger partial charge in [0.05, 0.1) is 6.61 Å². The van der Waals surface area contributed by atoms with E-state index in [-0.39, 0.29) is 0 Å². The van der Waals surface area contributed by atoms with Gasteiger partial charge in [0.2, 0.25) is 0 Å². The number of nitrogens with two attached hydrogens (primary N) is 1. The van der Waals surface area contributed by atoms with E-state index < -0.39 is 0 Å². The average molecular weight is 158 g/mol. The van der Waals surface area contributed by atoms with Crippen LogP contribution in [0.4, 0.5) is 0 Å². The third kappa shape index (κ3) is 2.77. The van der Waals surface area contributed by atoms with E-state index in [1.54, 1.807) is 7.11 Å².